The van der Waals surface area contributed by atoms with E-state index in [-0.39, 0.29) is 0 Å². The van der Waals surface area contributed by atoms with Gasteiger partial charge in [0.25, 0.3) is 11.8 Å². The van der Waals surface area contributed by atoms with Gasteiger partial charge < -0.3 is 9.32 Å². The summed E-state index contributed by atoms with van der Waals surface area (Å²) in [5, 5.41) is 8.37. The molecule has 146 valence electrons. The number of aryl methyl sites for hydroxylation is 2. The molecule has 0 aliphatic heterocycles. The van der Waals surface area contributed by atoms with Gasteiger partial charge in [-0.15, -0.1) is 21.5 Å². The third kappa shape index (κ3) is 3.82. The van der Waals surface area contributed by atoms with Crippen molar-refractivity contribution in [3.8, 4) is 33.6 Å². The molecule has 4 rings (SSSR count). The molecular formula is C22H21N5OS. The Morgan fingerprint density at radius 2 is 1.72 bits per heavy atom. The molecule has 0 N–H and O–H groups in total. The summed E-state index contributed by atoms with van der Waals surface area (Å²) in [6.45, 7) is 8.02. The minimum absolute atomic E-state index is 0.371. The van der Waals surface area contributed by atoms with E-state index in [1.54, 1.807) is 17.5 Å². The van der Waals surface area contributed by atoms with Gasteiger partial charge in [-0.05, 0) is 31.5 Å². The Kier molecular flexibility index (Phi) is 4.98. The summed E-state index contributed by atoms with van der Waals surface area (Å²) >= 11 is 1.62. The van der Waals surface area contributed by atoms with E-state index >= 15 is 0 Å². The minimum atomic E-state index is 0.371. The molecule has 0 radical (unpaired) electrons. The van der Waals surface area contributed by atoms with Gasteiger partial charge in [0.15, 0.2) is 0 Å². The molecule has 3 aromatic heterocycles. The zero-order chi connectivity index (χ0) is 20.5. The van der Waals surface area contributed by atoms with Gasteiger partial charge in [0.2, 0.25) is 0 Å². The van der Waals surface area contributed by atoms with Crippen LogP contribution in [0.3, 0.4) is 0 Å². The number of benzene rings is 1. The van der Waals surface area contributed by atoms with Gasteiger partial charge in [0, 0.05) is 30.2 Å². The van der Waals surface area contributed by atoms with Crippen LogP contribution in [0.25, 0.3) is 39.3 Å². The lowest BCUT2D eigenvalue weighted by atomic mass is 10.1. The molecule has 0 unspecified atom stereocenters. The highest BCUT2D eigenvalue weighted by Gasteiger charge is 2.17. The Morgan fingerprint density at radius 3 is 2.38 bits per heavy atom. The van der Waals surface area contributed by atoms with E-state index in [4.69, 9.17) is 9.40 Å². The van der Waals surface area contributed by atoms with Crippen LogP contribution in [0.15, 0.2) is 53.6 Å². The predicted molar refractivity (Wildman–Crippen MR) is 116 cm³/mol. The molecule has 4 aromatic rings. The lowest BCUT2D eigenvalue weighted by molar-refractivity contribution is 0.582. The molecule has 6 nitrogen and oxygen atoms in total. The summed E-state index contributed by atoms with van der Waals surface area (Å²) in [4.78, 5) is 13.4. The number of aromatic nitrogens is 4. The molecule has 1 aromatic carbocycles. The lowest BCUT2D eigenvalue weighted by Crippen LogP contribution is -2.08. The van der Waals surface area contributed by atoms with E-state index in [0.29, 0.717) is 17.5 Å². The van der Waals surface area contributed by atoms with Crippen LogP contribution in [0.1, 0.15) is 16.1 Å². The third-order valence-corrected chi connectivity index (χ3v) is 5.58. The molecule has 0 bridgehead atoms. The summed E-state index contributed by atoms with van der Waals surface area (Å²) < 4.78 is 5.89. The maximum absolute atomic E-state index is 5.89. The first-order valence-corrected chi connectivity index (χ1v) is 9.95. The normalized spacial score (nSPS) is 10.9. The maximum atomic E-state index is 5.89. The van der Waals surface area contributed by atoms with Crippen molar-refractivity contribution in [2.45, 2.75) is 13.8 Å². The Bertz CT molecular complexity index is 1170. The minimum Gasteiger partial charge on any atom is -0.414 e. The second-order valence-corrected chi connectivity index (χ2v) is 8.22. The van der Waals surface area contributed by atoms with E-state index in [1.807, 2.05) is 69.2 Å². The Labute approximate surface area is 173 Å². The van der Waals surface area contributed by atoms with E-state index in [2.05, 4.69) is 21.8 Å². The van der Waals surface area contributed by atoms with E-state index in [1.165, 1.54) is 4.88 Å². The third-order valence-electron chi connectivity index (χ3n) is 4.59. The second kappa shape index (κ2) is 7.60. The maximum Gasteiger partial charge on any atom is 0.268 e. The molecule has 0 aliphatic carbocycles. The smallest absolute Gasteiger partial charge is 0.268 e. The first kappa shape index (κ1) is 19.0. The number of rotatable bonds is 5. The fourth-order valence-corrected chi connectivity index (χ4v) is 3.64. The summed E-state index contributed by atoms with van der Waals surface area (Å²) in [5.74, 6) is 0.867. The molecule has 29 heavy (non-hydrogen) atoms. The van der Waals surface area contributed by atoms with Crippen molar-refractivity contribution < 1.29 is 4.42 Å². The van der Waals surface area contributed by atoms with Crippen LogP contribution in [0, 0.1) is 13.8 Å². The van der Waals surface area contributed by atoms with Gasteiger partial charge in [-0.1, -0.05) is 30.8 Å². The summed E-state index contributed by atoms with van der Waals surface area (Å²) in [6, 6.07) is 12.1. The summed E-state index contributed by atoms with van der Waals surface area (Å²) in [7, 11) is 3.95. The molecule has 0 atom stereocenters. The van der Waals surface area contributed by atoms with Crippen molar-refractivity contribution in [2.75, 3.05) is 14.1 Å². The second-order valence-electron chi connectivity index (χ2n) is 6.93. The standard InChI is InChI=1S/C22H21N5OS/c1-13-6-11-19(29-13)21-25-26-22(28-21)20-14(2)23-12-18(24-20)17-9-7-16(8-10-17)15(3)27(4)5/h6-12H,3H2,1-2,4-5H3. The first-order valence-electron chi connectivity index (χ1n) is 9.14. The lowest BCUT2D eigenvalue weighted by Gasteiger charge is -2.16. The van der Waals surface area contributed by atoms with Crippen LogP contribution in [0.5, 0.6) is 0 Å². The zero-order valence-corrected chi connectivity index (χ0v) is 17.6. The van der Waals surface area contributed by atoms with Crippen LogP contribution in [-0.4, -0.2) is 39.2 Å². The van der Waals surface area contributed by atoms with Gasteiger partial charge in [-0.2, -0.15) is 0 Å². The molecule has 0 spiro atoms. The molecule has 0 saturated heterocycles. The number of nitrogens with zero attached hydrogens (tertiary/aromatic N) is 5. The molecule has 7 heteroatoms. The highest BCUT2D eigenvalue weighted by Crippen LogP contribution is 2.30. The first-order chi connectivity index (χ1) is 13.9. The number of hydrogen-bond acceptors (Lipinski definition) is 7. The van der Waals surface area contributed by atoms with Crippen molar-refractivity contribution in [3.05, 3.63) is 65.3 Å². The molecule has 0 saturated carbocycles. The molecular weight excluding hydrogens is 382 g/mol. The zero-order valence-electron chi connectivity index (χ0n) is 16.8. The Hall–Kier alpha value is -3.32. The highest BCUT2D eigenvalue weighted by molar-refractivity contribution is 7.15. The van der Waals surface area contributed by atoms with Crippen molar-refractivity contribution in [3.63, 3.8) is 0 Å². The van der Waals surface area contributed by atoms with Crippen LogP contribution in [0.4, 0.5) is 0 Å². The van der Waals surface area contributed by atoms with Crippen LogP contribution >= 0.6 is 11.3 Å². The van der Waals surface area contributed by atoms with Crippen molar-refractivity contribution in [1.29, 1.82) is 0 Å². The van der Waals surface area contributed by atoms with E-state index < -0.39 is 0 Å². The summed E-state index contributed by atoms with van der Waals surface area (Å²) in [5.41, 5.74) is 5.06. The SMILES string of the molecule is C=C(c1ccc(-c2cnc(C)c(-c3nnc(-c4ccc(C)s4)o3)n2)cc1)N(C)C. The molecule has 0 amide bonds. The van der Waals surface area contributed by atoms with Gasteiger partial charge in [0.1, 0.15) is 5.69 Å². The van der Waals surface area contributed by atoms with Gasteiger partial charge in [0.05, 0.1) is 22.5 Å². The monoisotopic (exact) mass is 403 g/mol. The summed E-state index contributed by atoms with van der Waals surface area (Å²) in [6.07, 6.45) is 1.76. The molecule has 0 aliphatic rings. The van der Waals surface area contributed by atoms with Crippen molar-refractivity contribution in [1.82, 2.24) is 25.1 Å². The Morgan fingerprint density at radius 1 is 1.00 bits per heavy atom. The average Bonchev–Trinajstić information content (AvgIpc) is 3.37. The van der Waals surface area contributed by atoms with Gasteiger partial charge >= 0.3 is 0 Å². The quantitative estimate of drug-likeness (QED) is 0.463. The van der Waals surface area contributed by atoms with Crippen LogP contribution < -0.4 is 0 Å². The van der Waals surface area contributed by atoms with E-state index in [0.717, 1.165) is 33.1 Å². The molecule has 0 fully saturated rings. The topological polar surface area (TPSA) is 67.9 Å². The Balaban J connectivity index is 1.66. The number of hydrogen-bond donors (Lipinski definition) is 0. The van der Waals surface area contributed by atoms with Gasteiger partial charge in [-0.25, -0.2) is 4.98 Å². The molecule has 3 heterocycles. The van der Waals surface area contributed by atoms with Crippen molar-refractivity contribution in [2.24, 2.45) is 0 Å². The average molecular weight is 404 g/mol. The highest BCUT2D eigenvalue weighted by atomic mass is 32.1. The van der Waals surface area contributed by atoms with E-state index in [9.17, 15) is 0 Å². The van der Waals surface area contributed by atoms with Crippen LogP contribution in [-0.2, 0) is 0 Å². The van der Waals surface area contributed by atoms with Crippen molar-refractivity contribution >= 4 is 17.0 Å². The van der Waals surface area contributed by atoms with Gasteiger partial charge in [-0.3, -0.25) is 4.98 Å². The fraction of sp³-hybridized carbons (Fsp3) is 0.182. The fourth-order valence-electron chi connectivity index (χ4n) is 2.85. The predicted octanol–water partition coefficient (Wildman–Crippen LogP) is 5.07. The largest absolute Gasteiger partial charge is 0.414 e. The number of thiophene rings is 1. The van der Waals surface area contributed by atoms with Crippen LogP contribution in [0.2, 0.25) is 0 Å².